The molecule has 4 heteroatoms. The van der Waals surface area contributed by atoms with E-state index < -0.39 is 5.82 Å². The summed E-state index contributed by atoms with van der Waals surface area (Å²) in [6.45, 7) is 0. The van der Waals surface area contributed by atoms with E-state index in [1.807, 2.05) is 0 Å². The molecule has 2 nitrogen and oxygen atoms in total. The molecule has 1 aromatic rings. The van der Waals surface area contributed by atoms with Crippen molar-refractivity contribution in [3.63, 3.8) is 0 Å². The van der Waals surface area contributed by atoms with Crippen LogP contribution in [0.4, 0.5) is 4.39 Å². The van der Waals surface area contributed by atoms with Crippen molar-refractivity contribution in [3.8, 4) is 0 Å². The molecule has 0 fully saturated rings. The molecule has 0 bridgehead atoms. The van der Waals surface area contributed by atoms with Crippen LogP contribution in [0.15, 0.2) is 22.7 Å². The quantitative estimate of drug-likeness (QED) is 0.744. The highest BCUT2D eigenvalue weighted by Crippen LogP contribution is 2.15. The Bertz CT molecular complexity index is 318. The molecule has 0 aliphatic heterocycles. The van der Waals surface area contributed by atoms with E-state index in [0.29, 0.717) is 10.0 Å². The summed E-state index contributed by atoms with van der Waals surface area (Å²) in [5, 5.41) is 0. The average molecular weight is 246 g/mol. The number of hydrogen-bond donors (Lipinski definition) is 0. The Kier molecular flexibility index (Phi) is 3.03. The van der Waals surface area contributed by atoms with Gasteiger partial charge >= 0.3 is 0 Å². The fraction of sp³-hybridized carbons (Fsp3) is 0.222. The lowest BCUT2D eigenvalue weighted by Crippen LogP contribution is -2.21. The highest BCUT2D eigenvalue weighted by Gasteiger charge is 2.09. The normalized spacial score (nSPS) is 9.85. The highest BCUT2D eigenvalue weighted by molar-refractivity contribution is 9.10. The van der Waals surface area contributed by atoms with Gasteiger partial charge in [0.2, 0.25) is 0 Å². The van der Waals surface area contributed by atoms with Gasteiger partial charge in [-0.3, -0.25) is 4.79 Å². The first kappa shape index (κ1) is 10.2. The molecule has 0 N–H and O–H groups in total. The van der Waals surface area contributed by atoms with Gasteiger partial charge in [0, 0.05) is 24.1 Å². The molecule has 0 radical (unpaired) electrons. The van der Waals surface area contributed by atoms with Crippen LogP contribution in [0.3, 0.4) is 0 Å². The fourth-order valence-corrected chi connectivity index (χ4v) is 1.40. The topological polar surface area (TPSA) is 20.3 Å². The molecule has 0 aliphatic carbocycles. The van der Waals surface area contributed by atoms with Gasteiger partial charge in [0.05, 0.1) is 0 Å². The number of hydrogen-bond acceptors (Lipinski definition) is 1. The second kappa shape index (κ2) is 3.87. The molecule has 13 heavy (non-hydrogen) atoms. The number of amides is 1. The van der Waals surface area contributed by atoms with Crippen molar-refractivity contribution in [1.29, 1.82) is 0 Å². The highest BCUT2D eigenvalue weighted by atomic mass is 79.9. The Morgan fingerprint density at radius 2 is 2.00 bits per heavy atom. The fourth-order valence-electron chi connectivity index (χ4n) is 0.936. The van der Waals surface area contributed by atoms with Crippen molar-refractivity contribution in [2.24, 2.45) is 0 Å². The molecule has 1 aromatic carbocycles. The van der Waals surface area contributed by atoms with Crippen molar-refractivity contribution < 1.29 is 9.18 Å². The zero-order valence-corrected chi connectivity index (χ0v) is 8.93. The minimum atomic E-state index is -0.417. The van der Waals surface area contributed by atoms with Crippen molar-refractivity contribution in [2.45, 2.75) is 0 Å². The van der Waals surface area contributed by atoms with Gasteiger partial charge in [0.1, 0.15) is 5.82 Å². The molecule has 0 saturated heterocycles. The Labute approximate surface area is 84.5 Å². The summed E-state index contributed by atoms with van der Waals surface area (Å²) in [6, 6.07) is 4.12. The van der Waals surface area contributed by atoms with Gasteiger partial charge in [-0.1, -0.05) is 15.9 Å². The molecular weight excluding hydrogens is 237 g/mol. The minimum Gasteiger partial charge on any atom is -0.345 e. The number of benzene rings is 1. The molecule has 70 valence electrons. The Balaban J connectivity index is 3.08. The lowest BCUT2D eigenvalue weighted by atomic mass is 10.2. The average Bonchev–Trinajstić information content (AvgIpc) is 2.01. The van der Waals surface area contributed by atoms with Gasteiger partial charge in [-0.05, 0) is 18.2 Å². The summed E-state index contributed by atoms with van der Waals surface area (Å²) in [4.78, 5) is 12.8. The number of carbonyl (C=O) groups is 1. The Morgan fingerprint density at radius 3 is 2.46 bits per heavy atom. The zero-order chi connectivity index (χ0) is 10.0. The summed E-state index contributed by atoms with van der Waals surface area (Å²) in [5.74, 6) is -0.625. The minimum absolute atomic E-state index is 0.208. The van der Waals surface area contributed by atoms with Crippen molar-refractivity contribution in [3.05, 3.63) is 34.1 Å². The maximum atomic E-state index is 12.9. The van der Waals surface area contributed by atoms with E-state index in [2.05, 4.69) is 15.9 Å². The Morgan fingerprint density at radius 1 is 1.38 bits per heavy atom. The third-order valence-corrected chi connectivity index (χ3v) is 1.97. The molecule has 0 aliphatic rings. The van der Waals surface area contributed by atoms with Crippen LogP contribution in [0.25, 0.3) is 0 Å². The molecule has 1 amide bonds. The van der Waals surface area contributed by atoms with Crippen molar-refractivity contribution in [2.75, 3.05) is 14.1 Å². The molecule has 0 spiro atoms. The first-order valence-corrected chi connectivity index (χ1v) is 4.48. The summed E-state index contributed by atoms with van der Waals surface area (Å²) in [7, 11) is 3.25. The number of carbonyl (C=O) groups excluding carboxylic acids is 1. The molecule has 0 atom stereocenters. The molecular formula is C9H9BrFNO. The summed E-state index contributed by atoms with van der Waals surface area (Å²) >= 11 is 3.12. The Hall–Kier alpha value is -0.900. The van der Waals surface area contributed by atoms with Crippen LogP contribution in [-0.2, 0) is 0 Å². The molecule has 0 unspecified atom stereocenters. The summed E-state index contributed by atoms with van der Waals surface area (Å²) < 4.78 is 13.4. The van der Waals surface area contributed by atoms with E-state index in [-0.39, 0.29) is 5.91 Å². The molecule has 0 saturated carbocycles. The first-order chi connectivity index (χ1) is 6.00. The predicted octanol–water partition coefficient (Wildman–Crippen LogP) is 2.29. The maximum absolute atomic E-state index is 12.9. The lowest BCUT2D eigenvalue weighted by molar-refractivity contribution is 0.0827. The smallest absolute Gasteiger partial charge is 0.253 e. The van der Waals surface area contributed by atoms with Crippen molar-refractivity contribution >= 4 is 21.8 Å². The number of halogens is 2. The molecule has 0 heterocycles. The summed E-state index contributed by atoms with van der Waals surface area (Å²) in [6.07, 6.45) is 0. The van der Waals surface area contributed by atoms with Crippen LogP contribution in [0.1, 0.15) is 10.4 Å². The molecule has 1 rings (SSSR count). The number of nitrogens with zero attached hydrogens (tertiary/aromatic N) is 1. The monoisotopic (exact) mass is 245 g/mol. The van der Waals surface area contributed by atoms with E-state index in [9.17, 15) is 9.18 Å². The van der Waals surface area contributed by atoms with Crippen LogP contribution < -0.4 is 0 Å². The van der Waals surface area contributed by atoms with E-state index in [1.54, 1.807) is 20.2 Å². The van der Waals surface area contributed by atoms with Crippen LogP contribution in [0, 0.1) is 5.82 Å². The number of rotatable bonds is 1. The maximum Gasteiger partial charge on any atom is 0.253 e. The van der Waals surface area contributed by atoms with Crippen LogP contribution in [-0.4, -0.2) is 24.9 Å². The van der Waals surface area contributed by atoms with Gasteiger partial charge in [0.25, 0.3) is 5.91 Å². The van der Waals surface area contributed by atoms with Gasteiger partial charge in [0.15, 0.2) is 0 Å². The lowest BCUT2D eigenvalue weighted by Gasteiger charge is -2.10. The third kappa shape index (κ3) is 2.52. The van der Waals surface area contributed by atoms with Gasteiger partial charge < -0.3 is 4.90 Å². The van der Waals surface area contributed by atoms with Crippen molar-refractivity contribution in [1.82, 2.24) is 4.90 Å². The van der Waals surface area contributed by atoms with Gasteiger partial charge in [-0.2, -0.15) is 0 Å². The van der Waals surface area contributed by atoms with Gasteiger partial charge in [-0.25, -0.2) is 4.39 Å². The van der Waals surface area contributed by atoms with Gasteiger partial charge in [-0.15, -0.1) is 0 Å². The largest absolute Gasteiger partial charge is 0.345 e. The van der Waals surface area contributed by atoms with Crippen LogP contribution in [0.5, 0.6) is 0 Å². The summed E-state index contributed by atoms with van der Waals surface area (Å²) in [5.41, 5.74) is 0.344. The van der Waals surface area contributed by atoms with E-state index in [0.717, 1.165) is 0 Å². The predicted molar refractivity (Wildman–Crippen MR) is 52.1 cm³/mol. The van der Waals surface area contributed by atoms with Crippen LogP contribution >= 0.6 is 15.9 Å². The second-order valence-corrected chi connectivity index (χ2v) is 3.77. The van der Waals surface area contributed by atoms with E-state index >= 15 is 0 Å². The third-order valence-electron chi connectivity index (χ3n) is 1.52. The first-order valence-electron chi connectivity index (χ1n) is 3.68. The van der Waals surface area contributed by atoms with E-state index in [4.69, 9.17) is 0 Å². The van der Waals surface area contributed by atoms with E-state index in [1.165, 1.54) is 17.0 Å². The van der Waals surface area contributed by atoms with Crippen LogP contribution in [0.2, 0.25) is 0 Å². The zero-order valence-electron chi connectivity index (χ0n) is 7.34. The SMILES string of the molecule is CN(C)C(=O)c1cc(F)cc(Br)c1. The second-order valence-electron chi connectivity index (χ2n) is 2.86. The standard InChI is InChI=1S/C9H9BrFNO/c1-12(2)9(13)6-3-7(10)5-8(11)4-6/h3-5H,1-2H3. The molecule has 0 aromatic heterocycles.